The summed E-state index contributed by atoms with van der Waals surface area (Å²) in [4.78, 5) is 0. The first-order valence-electron chi connectivity index (χ1n) is 7.00. The molecule has 2 nitrogen and oxygen atoms in total. The Hall–Kier alpha value is -2.32. The highest BCUT2D eigenvalue weighted by Gasteiger charge is 2.13. The fraction of sp³-hybridized carbons (Fsp3) is 0.158. The van der Waals surface area contributed by atoms with E-state index in [4.69, 9.17) is 9.47 Å². The topological polar surface area (TPSA) is 18.5 Å². The first-order valence-corrected chi connectivity index (χ1v) is 7.00. The number of hydrogen-bond acceptors (Lipinski definition) is 2. The molecular formula is C19H20O2. The first-order chi connectivity index (χ1) is 10.3. The highest BCUT2D eigenvalue weighted by Crippen LogP contribution is 2.24. The van der Waals surface area contributed by atoms with Crippen LogP contribution in [0, 0.1) is 0 Å². The summed E-state index contributed by atoms with van der Waals surface area (Å²) >= 11 is 0. The molecule has 108 valence electrons. The van der Waals surface area contributed by atoms with Gasteiger partial charge in [-0.25, -0.2) is 0 Å². The molecule has 0 aliphatic rings. The molecule has 0 aliphatic carbocycles. The molecule has 0 aromatic heterocycles. The number of ether oxygens (including phenoxy) is 2. The van der Waals surface area contributed by atoms with E-state index in [0.29, 0.717) is 6.61 Å². The van der Waals surface area contributed by atoms with Gasteiger partial charge in [0.05, 0.1) is 0 Å². The third-order valence-corrected chi connectivity index (χ3v) is 3.12. The molecule has 2 heteroatoms. The van der Waals surface area contributed by atoms with Crippen molar-refractivity contribution < 1.29 is 9.47 Å². The lowest BCUT2D eigenvalue weighted by Crippen LogP contribution is -2.11. The molecule has 2 rings (SSSR count). The zero-order valence-electron chi connectivity index (χ0n) is 12.3. The van der Waals surface area contributed by atoms with E-state index in [0.717, 1.165) is 22.4 Å². The zero-order chi connectivity index (χ0) is 15.1. The lowest BCUT2D eigenvalue weighted by atomic mass is 10.1. The fourth-order valence-corrected chi connectivity index (χ4v) is 1.94. The lowest BCUT2D eigenvalue weighted by Gasteiger charge is -2.19. The van der Waals surface area contributed by atoms with Gasteiger partial charge in [-0.2, -0.15) is 0 Å². The van der Waals surface area contributed by atoms with E-state index in [1.54, 1.807) is 6.08 Å². The van der Waals surface area contributed by atoms with Crippen LogP contribution in [-0.4, -0.2) is 6.61 Å². The summed E-state index contributed by atoms with van der Waals surface area (Å²) in [5, 5.41) is 0. The van der Waals surface area contributed by atoms with Crippen molar-refractivity contribution in [2.45, 2.75) is 13.2 Å². The van der Waals surface area contributed by atoms with Crippen LogP contribution in [0.4, 0.5) is 0 Å². The Balaban J connectivity index is 2.16. The quantitative estimate of drug-likeness (QED) is 0.658. The van der Waals surface area contributed by atoms with Crippen molar-refractivity contribution in [2.24, 2.45) is 0 Å². The molecule has 2 aromatic rings. The molecule has 0 N–H and O–H groups in total. The van der Waals surface area contributed by atoms with Crippen LogP contribution in [0.25, 0.3) is 12.2 Å². The van der Waals surface area contributed by atoms with Crippen LogP contribution in [0.5, 0.6) is 5.75 Å². The molecule has 0 radical (unpaired) electrons. The third kappa shape index (κ3) is 4.07. The first kappa shape index (κ1) is 15.1. The maximum Gasteiger partial charge on any atom is 0.226 e. The van der Waals surface area contributed by atoms with Crippen molar-refractivity contribution in [2.75, 3.05) is 6.61 Å². The van der Waals surface area contributed by atoms with E-state index in [2.05, 4.69) is 13.2 Å². The van der Waals surface area contributed by atoms with Crippen molar-refractivity contribution in [3.05, 3.63) is 78.4 Å². The third-order valence-electron chi connectivity index (χ3n) is 3.12. The van der Waals surface area contributed by atoms with Gasteiger partial charge >= 0.3 is 0 Å². The molecule has 0 amide bonds. The van der Waals surface area contributed by atoms with Gasteiger partial charge < -0.3 is 9.47 Å². The lowest BCUT2D eigenvalue weighted by molar-refractivity contribution is -0.0786. The number of benzene rings is 2. The molecule has 0 saturated heterocycles. The molecule has 0 spiro atoms. The van der Waals surface area contributed by atoms with Crippen LogP contribution in [0.15, 0.2) is 61.7 Å². The predicted octanol–water partition coefficient (Wildman–Crippen LogP) is 5.09. The van der Waals surface area contributed by atoms with Gasteiger partial charge in [-0.15, -0.1) is 0 Å². The Bertz CT molecular complexity index is 582. The number of rotatable bonds is 7. The van der Waals surface area contributed by atoms with Gasteiger partial charge in [-0.1, -0.05) is 61.7 Å². The monoisotopic (exact) mass is 280 g/mol. The molecule has 0 heterocycles. The summed E-state index contributed by atoms with van der Waals surface area (Å²) in [7, 11) is 0. The molecule has 2 aromatic carbocycles. The van der Waals surface area contributed by atoms with Gasteiger partial charge in [0.2, 0.25) is 6.29 Å². The van der Waals surface area contributed by atoms with Gasteiger partial charge in [0.15, 0.2) is 0 Å². The molecule has 0 aliphatic heterocycles. The number of hydrogen-bond donors (Lipinski definition) is 0. The summed E-state index contributed by atoms with van der Waals surface area (Å²) in [6.07, 6.45) is 3.20. The van der Waals surface area contributed by atoms with Crippen molar-refractivity contribution in [3.8, 4) is 5.75 Å². The van der Waals surface area contributed by atoms with Gasteiger partial charge in [0.1, 0.15) is 5.75 Å². The van der Waals surface area contributed by atoms with Crippen LogP contribution >= 0.6 is 0 Å². The molecule has 0 bridgehead atoms. The second-order valence-electron chi connectivity index (χ2n) is 4.55. The smallest absolute Gasteiger partial charge is 0.226 e. The fourth-order valence-electron chi connectivity index (χ4n) is 1.94. The summed E-state index contributed by atoms with van der Waals surface area (Å²) in [5.74, 6) is 0.770. The zero-order valence-corrected chi connectivity index (χ0v) is 12.3. The van der Waals surface area contributed by atoms with Crippen LogP contribution in [0.2, 0.25) is 0 Å². The molecule has 1 atom stereocenters. The Kier molecular flexibility index (Phi) is 5.35. The largest absolute Gasteiger partial charge is 0.461 e. The molecular weight excluding hydrogens is 260 g/mol. The Morgan fingerprint density at radius 1 is 0.905 bits per heavy atom. The van der Waals surface area contributed by atoms with Crippen molar-refractivity contribution in [3.63, 3.8) is 0 Å². The van der Waals surface area contributed by atoms with Crippen molar-refractivity contribution in [1.82, 2.24) is 0 Å². The molecule has 1 unspecified atom stereocenters. The maximum absolute atomic E-state index is 5.93. The summed E-state index contributed by atoms with van der Waals surface area (Å²) in [5.41, 5.74) is 3.12. The average molecular weight is 280 g/mol. The highest BCUT2D eigenvalue weighted by atomic mass is 16.7. The average Bonchev–Trinajstić information content (AvgIpc) is 2.55. The van der Waals surface area contributed by atoms with Gasteiger partial charge in [0, 0.05) is 12.2 Å². The van der Waals surface area contributed by atoms with Crippen LogP contribution in [-0.2, 0) is 4.74 Å². The molecule has 0 fully saturated rings. The normalized spacial score (nSPS) is 11.7. The van der Waals surface area contributed by atoms with Gasteiger partial charge in [-0.05, 0) is 30.2 Å². The summed E-state index contributed by atoms with van der Waals surface area (Å²) in [6.45, 7) is 10.0. The second kappa shape index (κ2) is 7.46. The van der Waals surface area contributed by atoms with Crippen LogP contribution in [0.1, 0.15) is 29.9 Å². The Morgan fingerprint density at radius 3 is 1.90 bits per heavy atom. The molecule has 21 heavy (non-hydrogen) atoms. The Labute approximate surface area is 126 Å². The minimum atomic E-state index is -0.413. The van der Waals surface area contributed by atoms with E-state index in [9.17, 15) is 0 Å². The maximum atomic E-state index is 5.93. The van der Waals surface area contributed by atoms with E-state index in [1.165, 1.54) is 0 Å². The van der Waals surface area contributed by atoms with E-state index < -0.39 is 6.29 Å². The minimum absolute atomic E-state index is 0.413. The van der Waals surface area contributed by atoms with Crippen molar-refractivity contribution in [1.29, 1.82) is 0 Å². The summed E-state index contributed by atoms with van der Waals surface area (Å²) < 4.78 is 11.6. The highest BCUT2D eigenvalue weighted by molar-refractivity contribution is 5.49. The minimum Gasteiger partial charge on any atom is -0.461 e. The molecule has 0 saturated carbocycles. The summed E-state index contributed by atoms with van der Waals surface area (Å²) in [6, 6.07) is 15.8. The van der Waals surface area contributed by atoms with Gasteiger partial charge in [0.25, 0.3) is 0 Å². The van der Waals surface area contributed by atoms with Crippen LogP contribution < -0.4 is 4.74 Å². The Morgan fingerprint density at radius 2 is 1.43 bits per heavy atom. The SMILES string of the molecule is C=Cc1ccc(OC(OCC)c2ccc(C=C)cc2)cc1. The standard InChI is InChI=1S/C19H20O2/c1-4-15-7-11-17(12-8-15)19(20-6-3)21-18-13-9-16(5-2)10-14-18/h4-5,7-14,19H,1-2,6H2,3H3. The van der Waals surface area contributed by atoms with Gasteiger partial charge in [-0.3, -0.25) is 0 Å². The van der Waals surface area contributed by atoms with E-state index >= 15 is 0 Å². The second-order valence-corrected chi connectivity index (χ2v) is 4.55. The van der Waals surface area contributed by atoms with Crippen molar-refractivity contribution >= 4 is 12.2 Å². The van der Waals surface area contributed by atoms with E-state index in [1.807, 2.05) is 61.5 Å². The van der Waals surface area contributed by atoms with E-state index in [-0.39, 0.29) is 0 Å². The predicted molar refractivity (Wildman–Crippen MR) is 88.1 cm³/mol. The van der Waals surface area contributed by atoms with Crippen LogP contribution in [0.3, 0.4) is 0 Å².